The van der Waals surface area contributed by atoms with Crippen LogP contribution in [0.1, 0.15) is 73.1 Å². The molecule has 2 bridgehead atoms. The van der Waals surface area contributed by atoms with E-state index in [4.69, 9.17) is 4.74 Å². The van der Waals surface area contributed by atoms with E-state index in [0.717, 1.165) is 32.1 Å². The Bertz CT molecular complexity index is 676. The summed E-state index contributed by atoms with van der Waals surface area (Å²) in [5, 5.41) is 6.76. The summed E-state index contributed by atoms with van der Waals surface area (Å²) in [6, 6.07) is 0.175. The zero-order valence-corrected chi connectivity index (χ0v) is 20.0. The van der Waals surface area contributed by atoms with Gasteiger partial charge in [0.25, 0.3) is 0 Å². The minimum absolute atomic E-state index is 0.0342. The molecule has 1 amide bonds. The number of rotatable bonds is 4. The van der Waals surface area contributed by atoms with Gasteiger partial charge >= 0.3 is 6.09 Å². The highest BCUT2D eigenvalue weighted by Gasteiger charge is 2.47. The molecule has 2 atom stereocenters. The summed E-state index contributed by atoms with van der Waals surface area (Å²) >= 11 is 0. The first kappa shape index (κ1) is 25.5. The van der Waals surface area contributed by atoms with Crippen molar-refractivity contribution in [2.24, 2.45) is 5.92 Å². The van der Waals surface area contributed by atoms with Gasteiger partial charge in [0.1, 0.15) is 6.61 Å². The fourth-order valence-electron chi connectivity index (χ4n) is 4.64. The second kappa shape index (κ2) is 11.2. The van der Waals surface area contributed by atoms with Crippen LogP contribution in [0.25, 0.3) is 0 Å². The summed E-state index contributed by atoms with van der Waals surface area (Å²) in [5.74, 6) is -0.106. The predicted octanol–water partition coefficient (Wildman–Crippen LogP) is 3.23. The third-order valence-electron chi connectivity index (χ3n) is 6.35. The van der Waals surface area contributed by atoms with Gasteiger partial charge in [0.05, 0.1) is 17.6 Å². The first-order valence-electron chi connectivity index (χ1n) is 11.8. The molecule has 7 nitrogen and oxygen atoms in total. The summed E-state index contributed by atoms with van der Waals surface area (Å²) in [6.07, 6.45) is 8.70. The number of Topliss-reactive ketones (excluding diaryl/α,β-unsaturated/α-hetero) is 2. The fourth-order valence-corrected chi connectivity index (χ4v) is 4.64. The van der Waals surface area contributed by atoms with Crippen molar-refractivity contribution in [3.05, 3.63) is 12.2 Å². The normalized spacial score (nSPS) is 30.4. The van der Waals surface area contributed by atoms with Gasteiger partial charge in [0.2, 0.25) is 0 Å². The van der Waals surface area contributed by atoms with Crippen molar-refractivity contribution in [1.29, 1.82) is 0 Å². The van der Waals surface area contributed by atoms with E-state index in [0.29, 0.717) is 13.0 Å². The summed E-state index contributed by atoms with van der Waals surface area (Å²) in [4.78, 5) is 40.6. The highest BCUT2D eigenvalue weighted by molar-refractivity contribution is 5.94. The van der Waals surface area contributed by atoms with E-state index in [1.54, 1.807) is 4.90 Å². The molecule has 31 heavy (non-hydrogen) atoms. The number of nitrogens with one attached hydrogen (secondary N) is 2. The molecule has 2 rings (SSSR count). The van der Waals surface area contributed by atoms with E-state index >= 15 is 0 Å². The van der Waals surface area contributed by atoms with E-state index < -0.39 is 17.2 Å². The molecular formula is C24H41N3O4. The molecule has 0 aromatic heterocycles. The molecule has 176 valence electrons. The number of ketones is 2. The molecular weight excluding hydrogens is 394 g/mol. The molecule has 1 fully saturated rings. The first-order chi connectivity index (χ1) is 14.6. The number of hydrogen-bond donors (Lipinski definition) is 2. The molecule has 0 spiro atoms. The lowest BCUT2D eigenvalue weighted by Crippen LogP contribution is -2.61. The van der Waals surface area contributed by atoms with Gasteiger partial charge in [-0.1, -0.05) is 38.8 Å². The number of cyclic esters (lactones) is 1. The Labute approximate surface area is 187 Å². The molecule has 0 unspecified atom stereocenters. The van der Waals surface area contributed by atoms with Gasteiger partial charge in [0.15, 0.2) is 11.6 Å². The number of ether oxygens (including phenoxy) is 1. The molecule has 0 saturated carbocycles. The van der Waals surface area contributed by atoms with Crippen LogP contribution in [0.3, 0.4) is 0 Å². The monoisotopic (exact) mass is 435 g/mol. The van der Waals surface area contributed by atoms with Crippen LogP contribution < -0.4 is 10.6 Å². The lowest BCUT2D eigenvalue weighted by atomic mass is 9.84. The van der Waals surface area contributed by atoms with Crippen LogP contribution in [0.4, 0.5) is 4.79 Å². The second-order valence-electron chi connectivity index (χ2n) is 9.83. The van der Waals surface area contributed by atoms with Gasteiger partial charge in [-0.05, 0) is 46.5 Å². The zero-order valence-electron chi connectivity index (χ0n) is 20.0. The van der Waals surface area contributed by atoms with E-state index in [1.165, 1.54) is 0 Å². The van der Waals surface area contributed by atoms with Crippen molar-refractivity contribution in [3.8, 4) is 0 Å². The molecule has 0 aromatic rings. The molecule has 1 saturated heterocycles. The van der Waals surface area contributed by atoms with E-state index in [1.807, 2.05) is 46.8 Å². The molecule has 7 heteroatoms. The smallest absolute Gasteiger partial charge is 0.410 e. The third kappa shape index (κ3) is 6.88. The molecule has 0 radical (unpaired) electrons. The van der Waals surface area contributed by atoms with Crippen molar-refractivity contribution < 1.29 is 19.1 Å². The molecule has 2 heterocycles. The highest BCUT2D eigenvalue weighted by Crippen LogP contribution is 2.27. The van der Waals surface area contributed by atoms with Crippen LogP contribution in [-0.2, 0) is 14.3 Å². The van der Waals surface area contributed by atoms with Gasteiger partial charge in [-0.3, -0.25) is 14.9 Å². The van der Waals surface area contributed by atoms with Crippen molar-refractivity contribution in [2.45, 2.75) is 90.3 Å². The summed E-state index contributed by atoms with van der Waals surface area (Å²) in [7, 11) is 0. The molecule has 0 aromatic carbocycles. The van der Waals surface area contributed by atoms with Crippen molar-refractivity contribution in [1.82, 2.24) is 15.5 Å². The third-order valence-corrected chi connectivity index (χ3v) is 6.35. The Morgan fingerprint density at radius 1 is 1.13 bits per heavy atom. The second-order valence-corrected chi connectivity index (χ2v) is 9.83. The van der Waals surface area contributed by atoms with Crippen LogP contribution in [-0.4, -0.2) is 65.9 Å². The lowest BCUT2D eigenvalue weighted by molar-refractivity contribution is -0.129. The quantitative estimate of drug-likeness (QED) is 0.659. The maximum absolute atomic E-state index is 13.3. The Morgan fingerprint density at radius 2 is 1.87 bits per heavy atom. The molecule has 2 aliphatic heterocycles. The van der Waals surface area contributed by atoms with E-state index in [-0.39, 0.29) is 43.2 Å². The van der Waals surface area contributed by atoms with E-state index in [9.17, 15) is 14.4 Å². The predicted molar refractivity (Wildman–Crippen MR) is 122 cm³/mol. The minimum Gasteiger partial charge on any atom is -0.445 e. The first-order valence-corrected chi connectivity index (χ1v) is 11.8. The SMILES string of the molecule is CC(C)N[C@]1(C)CCCCC/C=C\COC(=O)N2CC[C@](C(=O)C(C)C)(C2)NCC1=O. The van der Waals surface area contributed by atoms with E-state index in [2.05, 4.69) is 10.6 Å². The largest absolute Gasteiger partial charge is 0.445 e. The molecule has 2 N–H and O–H groups in total. The number of fused-ring (bicyclic) bond motifs is 2. The van der Waals surface area contributed by atoms with Gasteiger partial charge in [-0.25, -0.2) is 4.79 Å². The standard InChI is InChI=1S/C24H41N3O4/c1-18(2)21(29)24-13-14-27(17-24)22(30)31-15-11-9-7-6-8-10-12-23(5,26-19(3)4)20(28)16-25-24/h9,11,18-19,25-26H,6-8,10,12-17H2,1-5H3/b11-9-/t23-,24-/m1/s1. The van der Waals surface area contributed by atoms with Crippen LogP contribution in [0.5, 0.6) is 0 Å². The van der Waals surface area contributed by atoms with Gasteiger partial charge in [-0.15, -0.1) is 0 Å². The Hall–Kier alpha value is -1.73. The summed E-state index contributed by atoms with van der Waals surface area (Å²) < 4.78 is 5.36. The van der Waals surface area contributed by atoms with Crippen LogP contribution in [0.2, 0.25) is 0 Å². The maximum Gasteiger partial charge on any atom is 0.410 e. The highest BCUT2D eigenvalue weighted by atomic mass is 16.6. The van der Waals surface area contributed by atoms with Crippen molar-refractivity contribution >= 4 is 17.7 Å². The zero-order chi connectivity index (χ0) is 23.1. The number of carbonyl (C=O) groups excluding carboxylic acids is 3. The average Bonchev–Trinajstić information content (AvgIpc) is 3.14. The number of nitrogens with zero attached hydrogens (tertiary/aromatic N) is 1. The van der Waals surface area contributed by atoms with Crippen LogP contribution in [0.15, 0.2) is 12.2 Å². The number of hydrogen-bond acceptors (Lipinski definition) is 6. The van der Waals surface area contributed by atoms with Gasteiger partial charge < -0.3 is 15.0 Å². The topological polar surface area (TPSA) is 87.7 Å². The van der Waals surface area contributed by atoms with Crippen LogP contribution in [0, 0.1) is 5.92 Å². The number of allylic oxidation sites excluding steroid dienone is 1. The Morgan fingerprint density at radius 3 is 2.55 bits per heavy atom. The Kier molecular flexibility index (Phi) is 9.25. The minimum atomic E-state index is -0.911. The maximum atomic E-state index is 13.3. The lowest BCUT2D eigenvalue weighted by Gasteiger charge is -2.35. The molecule has 2 aliphatic rings. The number of amides is 1. The number of carbonyl (C=O) groups is 3. The summed E-state index contributed by atoms with van der Waals surface area (Å²) in [6.45, 7) is 10.8. The average molecular weight is 436 g/mol. The van der Waals surface area contributed by atoms with Crippen molar-refractivity contribution in [3.63, 3.8) is 0 Å². The van der Waals surface area contributed by atoms with Gasteiger partial charge in [-0.2, -0.15) is 0 Å². The summed E-state index contributed by atoms with van der Waals surface area (Å²) in [5.41, 5.74) is -1.56. The fraction of sp³-hybridized carbons (Fsp3) is 0.792. The van der Waals surface area contributed by atoms with Crippen molar-refractivity contribution in [2.75, 3.05) is 26.2 Å². The van der Waals surface area contributed by atoms with Crippen LogP contribution >= 0.6 is 0 Å². The Balaban J connectivity index is 2.26. The van der Waals surface area contributed by atoms with Gasteiger partial charge in [0, 0.05) is 25.0 Å². The molecule has 0 aliphatic carbocycles.